The van der Waals surface area contributed by atoms with E-state index in [0.717, 1.165) is 0 Å². The van der Waals surface area contributed by atoms with E-state index in [-0.39, 0.29) is 0 Å². The Morgan fingerprint density at radius 1 is 1.00 bits per heavy atom. The van der Waals surface area contributed by atoms with Crippen LogP contribution in [0.3, 0.4) is 0 Å². The summed E-state index contributed by atoms with van der Waals surface area (Å²) in [7, 11) is 1.54. The van der Waals surface area contributed by atoms with Gasteiger partial charge in [-0.2, -0.15) is 0 Å². The van der Waals surface area contributed by atoms with E-state index in [0.29, 0.717) is 22.0 Å². The number of anilines is 1. The normalized spacial score (nSPS) is 9.73. The molecule has 0 spiro atoms. The molecule has 114 valence electrons. The highest BCUT2D eigenvalue weighted by molar-refractivity contribution is 6.33. The highest BCUT2D eigenvalue weighted by Gasteiger charge is 2.08. The maximum Gasteiger partial charge on any atom is 0.337 e. The van der Waals surface area contributed by atoms with E-state index < -0.39 is 11.9 Å². The number of hydrogen-bond donors (Lipinski definition) is 3. The first-order valence-corrected chi connectivity index (χ1v) is 6.74. The van der Waals surface area contributed by atoms with Crippen LogP contribution >= 0.6 is 11.6 Å². The number of urea groups is 1. The van der Waals surface area contributed by atoms with Crippen molar-refractivity contribution in [3.8, 4) is 5.75 Å². The highest BCUT2D eigenvalue weighted by atomic mass is 35.5. The quantitative estimate of drug-likeness (QED) is 0.761. The van der Waals surface area contributed by atoms with Crippen LogP contribution in [0.5, 0.6) is 5.75 Å². The molecule has 2 rings (SSSR count). The minimum Gasteiger partial charge on any atom is -0.497 e. The summed E-state index contributed by atoms with van der Waals surface area (Å²) in [6.45, 7) is 0. The van der Waals surface area contributed by atoms with Crippen LogP contribution in [-0.2, 0) is 0 Å². The molecule has 0 aliphatic heterocycles. The van der Waals surface area contributed by atoms with Crippen molar-refractivity contribution in [2.45, 2.75) is 0 Å². The number of carbonyl (C=O) groups excluding carboxylic acids is 2. The van der Waals surface area contributed by atoms with Crippen LogP contribution in [0, 0.1) is 0 Å². The van der Waals surface area contributed by atoms with Gasteiger partial charge in [0.15, 0.2) is 0 Å². The summed E-state index contributed by atoms with van der Waals surface area (Å²) in [6, 6.07) is 12.6. The van der Waals surface area contributed by atoms with E-state index in [1.807, 2.05) is 0 Å². The molecule has 7 heteroatoms. The lowest BCUT2D eigenvalue weighted by molar-refractivity contribution is 0.0938. The van der Waals surface area contributed by atoms with Crippen LogP contribution in [0.25, 0.3) is 0 Å². The largest absolute Gasteiger partial charge is 0.497 e. The molecule has 0 radical (unpaired) electrons. The van der Waals surface area contributed by atoms with Gasteiger partial charge < -0.3 is 10.1 Å². The average Bonchev–Trinajstić information content (AvgIpc) is 2.55. The summed E-state index contributed by atoms with van der Waals surface area (Å²) >= 11 is 5.91. The van der Waals surface area contributed by atoms with Gasteiger partial charge in [-0.1, -0.05) is 23.7 Å². The van der Waals surface area contributed by atoms with Crippen LogP contribution in [0.2, 0.25) is 5.02 Å². The molecule has 0 saturated carbocycles. The van der Waals surface area contributed by atoms with Crippen LogP contribution in [0.4, 0.5) is 10.5 Å². The SMILES string of the molecule is COc1ccc(C(=O)NNC(=O)Nc2ccccc2Cl)cc1. The van der Waals surface area contributed by atoms with Crippen molar-refractivity contribution in [2.24, 2.45) is 0 Å². The molecule has 22 heavy (non-hydrogen) atoms. The van der Waals surface area contributed by atoms with E-state index >= 15 is 0 Å². The fraction of sp³-hybridized carbons (Fsp3) is 0.0667. The van der Waals surface area contributed by atoms with Gasteiger partial charge in [-0.15, -0.1) is 0 Å². The van der Waals surface area contributed by atoms with Crippen molar-refractivity contribution < 1.29 is 14.3 Å². The fourth-order valence-electron chi connectivity index (χ4n) is 1.64. The van der Waals surface area contributed by atoms with Gasteiger partial charge in [-0.3, -0.25) is 10.2 Å². The van der Waals surface area contributed by atoms with Gasteiger partial charge in [0, 0.05) is 5.56 Å². The standard InChI is InChI=1S/C15H14ClN3O3/c1-22-11-8-6-10(7-9-11)14(20)18-19-15(21)17-13-5-3-2-4-12(13)16/h2-9H,1H3,(H,18,20)(H2,17,19,21). The van der Waals surface area contributed by atoms with Gasteiger partial charge in [-0.25, -0.2) is 10.2 Å². The third-order valence-corrected chi connectivity index (χ3v) is 3.09. The van der Waals surface area contributed by atoms with Gasteiger partial charge in [0.2, 0.25) is 0 Å². The fourth-order valence-corrected chi connectivity index (χ4v) is 1.83. The zero-order valence-corrected chi connectivity index (χ0v) is 12.5. The molecule has 3 N–H and O–H groups in total. The molecule has 0 atom stereocenters. The number of hydrazine groups is 1. The van der Waals surface area contributed by atoms with Crippen molar-refractivity contribution in [3.63, 3.8) is 0 Å². The number of carbonyl (C=O) groups is 2. The summed E-state index contributed by atoms with van der Waals surface area (Å²) in [6.07, 6.45) is 0. The number of ether oxygens (including phenoxy) is 1. The number of methoxy groups -OCH3 is 1. The molecule has 0 unspecified atom stereocenters. The monoisotopic (exact) mass is 319 g/mol. The molecule has 0 aliphatic carbocycles. The zero-order chi connectivity index (χ0) is 15.9. The Bertz CT molecular complexity index is 674. The topological polar surface area (TPSA) is 79.5 Å². The highest BCUT2D eigenvalue weighted by Crippen LogP contribution is 2.19. The van der Waals surface area contributed by atoms with E-state index in [4.69, 9.17) is 16.3 Å². The second-order valence-electron chi connectivity index (χ2n) is 4.24. The van der Waals surface area contributed by atoms with Crippen LogP contribution < -0.4 is 20.9 Å². The Morgan fingerprint density at radius 2 is 1.68 bits per heavy atom. The molecule has 0 aromatic heterocycles. The first-order chi connectivity index (χ1) is 10.6. The molecular formula is C15H14ClN3O3. The lowest BCUT2D eigenvalue weighted by Gasteiger charge is -2.10. The minimum absolute atomic E-state index is 0.388. The maximum absolute atomic E-state index is 11.8. The maximum atomic E-state index is 11.8. The Hall–Kier alpha value is -2.73. The van der Waals surface area contributed by atoms with Crippen LogP contribution in [-0.4, -0.2) is 19.0 Å². The number of nitrogens with one attached hydrogen (secondary N) is 3. The molecule has 0 heterocycles. The zero-order valence-electron chi connectivity index (χ0n) is 11.7. The summed E-state index contributed by atoms with van der Waals surface area (Å²) in [5.41, 5.74) is 5.37. The van der Waals surface area contributed by atoms with Crippen molar-refractivity contribution in [2.75, 3.05) is 12.4 Å². The van der Waals surface area contributed by atoms with E-state index in [1.54, 1.807) is 48.5 Å². The van der Waals surface area contributed by atoms with E-state index in [2.05, 4.69) is 16.2 Å². The van der Waals surface area contributed by atoms with Gasteiger partial charge in [0.1, 0.15) is 5.75 Å². The van der Waals surface area contributed by atoms with Crippen molar-refractivity contribution >= 4 is 29.2 Å². The van der Waals surface area contributed by atoms with Gasteiger partial charge in [0.25, 0.3) is 5.91 Å². The predicted molar refractivity (Wildman–Crippen MR) is 84.1 cm³/mol. The second-order valence-corrected chi connectivity index (χ2v) is 4.65. The van der Waals surface area contributed by atoms with Crippen molar-refractivity contribution in [1.29, 1.82) is 0 Å². The molecule has 0 saturated heterocycles. The molecular weight excluding hydrogens is 306 g/mol. The van der Waals surface area contributed by atoms with Crippen LogP contribution in [0.15, 0.2) is 48.5 Å². The third kappa shape index (κ3) is 4.13. The molecule has 0 aliphatic rings. The summed E-state index contributed by atoms with van der Waals surface area (Å²) in [5, 5.41) is 2.92. The number of hydrogen-bond acceptors (Lipinski definition) is 3. The predicted octanol–water partition coefficient (Wildman–Crippen LogP) is 2.82. The van der Waals surface area contributed by atoms with E-state index in [9.17, 15) is 9.59 Å². The smallest absolute Gasteiger partial charge is 0.337 e. The molecule has 6 nitrogen and oxygen atoms in total. The average molecular weight is 320 g/mol. The Kier molecular flexibility index (Phi) is 5.21. The minimum atomic E-state index is -0.602. The van der Waals surface area contributed by atoms with Crippen molar-refractivity contribution in [1.82, 2.24) is 10.9 Å². The first kappa shape index (κ1) is 15.7. The number of rotatable bonds is 3. The summed E-state index contributed by atoms with van der Waals surface area (Å²) < 4.78 is 5.00. The number of amides is 3. The molecule has 2 aromatic rings. The van der Waals surface area contributed by atoms with Gasteiger partial charge >= 0.3 is 6.03 Å². The van der Waals surface area contributed by atoms with E-state index in [1.165, 1.54) is 7.11 Å². The number of halogens is 1. The third-order valence-electron chi connectivity index (χ3n) is 2.76. The number of benzene rings is 2. The van der Waals surface area contributed by atoms with Crippen LogP contribution in [0.1, 0.15) is 10.4 Å². The Balaban J connectivity index is 1.87. The first-order valence-electron chi connectivity index (χ1n) is 6.36. The van der Waals surface area contributed by atoms with Gasteiger partial charge in [-0.05, 0) is 36.4 Å². The molecule has 2 aromatic carbocycles. The Morgan fingerprint density at radius 3 is 2.32 bits per heavy atom. The summed E-state index contributed by atoms with van der Waals surface area (Å²) in [5.74, 6) is 0.193. The molecule has 0 bridgehead atoms. The van der Waals surface area contributed by atoms with Crippen molar-refractivity contribution in [3.05, 3.63) is 59.1 Å². The lowest BCUT2D eigenvalue weighted by Crippen LogP contribution is -2.43. The lowest BCUT2D eigenvalue weighted by atomic mass is 10.2. The molecule has 0 fully saturated rings. The number of para-hydroxylation sites is 1. The van der Waals surface area contributed by atoms with Gasteiger partial charge in [0.05, 0.1) is 17.8 Å². The second kappa shape index (κ2) is 7.33. The summed E-state index contributed by atoms with van der Waals surface area (Å²) in [4.78, 5) is 23.5. The molecule has 3 amide bonds. The Labute approximate surface area is 132 Å².